The highest BCUT2D eigenvalue weighted by Crippen LogP contribution is 2.31. The Morgan fingerprint density at radius 3 is 2.40 bits per heavy atom. The molecule has 2 heterocycles. The Morgan fingerprint density at radius 2 is 1.73 bits per heavy atom. The number of aliphatic hydroxyl groups is 1. The molecule has 1 aliphatic carbocycles. The second-order valence-electron chi connectivity index (χ2n) is 8.17. The van der Waals surface area contributed by atoms with Gasteiger partial charge in [0.2, 0.25) is 0 Å². The molecule has 2 atom stereocenters. The Morgan fingerprint density at radius 1 is 1.03 bits per heavy atom. The van der Waals surface area contributed by atoms with E-state index in [1.165, 1.54) is 0 Å². The highest BCUT2D eigenvalue weighted by Gasteiger charge is 2.28. The summed E-state index contributed by atoms with van der Waals surface area (Å²) in [6.45, 7) is 0. The first-order valence-electron chi connectivity index (χ1n) is 10.6. The summed E-state index contributed by atoms with van der Waals surface area (Å²) >= 11 is 0. The van der Waals surface area contributed by atoms with Gasteiger partial charge in [-0.15, -0.1) is 0 Å². The van der Waals surface area contributed by atoms with E-state index in [9.17, 15) is 5.11 Å². The molecule has 2 fully saturated rings. The molecule has 0 bridgehead atoms. The molecular weight excluding hydrogens is 416 g/mol. The van der Waals surface area contributed by atoms with Crippen LogP contribution in [0.1, 0.15) is 25.7 Å². The average molecular weight is 448 g/mol. The predicted molar refractivity (Wildman–Crippen MR) is 125 cm³/mol. The van der Waals surface area contributed by atoms with Gasteiger partial charge < -0.3 is 15.7 Å². The number of imidazole rings is 1. The van der Waals surface area contributed by atoms with E-state index in [4.69, 9.17) is 0 Å². The van der Waals surface area contributed by atoms with Crippen LogP contribution in [0.4, 0.5) is 17.3 Å². The summed E-state index contributed by atoms with van der Waals surface area (Å²) in [5, 5.41) is 26.2. The lowest BCUT2D eigenvalue weighted by molar-refractivity contribution is -0.657. The van der Waals surface area contributed by atoms with Gasteiger partial charge in [-0.05, 0) is 49.9 Å². The lowest BCUT2D eigenvalue weighted by atomic mass is 9.90. The van der Waals surface area contributed by atoms with E-state index in [2.05, 4.69) is 33.0 Å². The van der Waals surface area contributed by atoms with E-state index in [0.29, 0.717) is 12.1 Å². The number of aliphatic hydroxyl groups excluding tert-OH is 1. The van der Waals surface area contributed by atoms with E-state index in [1.54, 1.807) is 10.8 Å². The number of anilines is 1. The van der Waals surface area contributed by atoms with Crippen molar-refractivity contribution in [2.75, 3.05) is 16.8 Å². The molecule has 162 valence electrons. The van der Waals surface area contributed by atoms with Gasteiger partial charge in [0.05, 0.1) is 32.6 Å². The molecular formula is C21H31N6OS2+. The fourth-order valence-electron chi connectivity index (χ4n) is 4.02. The standard InChI is InChI=1S/C21H30N6OS2/c1-26-11-12-27(2)21(26)25-24-18-9-7-16(8-10-18)22-15-3-5-17(6-4-15)23-19-13-29-30-14-20(19)28/h7-12,15,17,19-20,23,28H,3-6,13-14H2,1-2H3/p+1. The Kier molecular flexibility index (Phi) is 7.35. The summed E-state index contributed by atoms with van der Waals surface area (Å²) in [5.74, 6) is 2.63. The van der Waals surface area contributed by atoms with Crippen LogP contribution in [0.3, 0.4) is 0 Å². The topological polar surface area (TPSA) is 77.8 Å². The largest absolute Gasteiger partial charge is 0.421 e. The summed E-state index contributed by atoms with van der Waals surface area (Å²) in [4.78, 5) is 0. The molecule has 1 aromatic carbocycles. The summed E-state index contributed by atoms with van der Waals surface area (Å²) in [7, 11) is 7.56. The number of hydrogen-bond acceptors (Lipinski definition) is 7. The first-order valence-corrected chi connectivity index (χ1v) is 13.0. The molecule has 7 nitrogen and oxygen atoms in total. The van der Waals surface area contributed by atoms with Crippen molar-refractivity contribution in [2.24, 2.45) is 24.3 Å². The molecule has 30 heavy (non-hydrogen) atoms. The highest BCUT2D eigenvalue weighted by atomic mass is 33.1. The molecule has 4 rings (SSSR count). The number of azo groups is 1. The third kappa shape index (κ3) is 5.57. The number of rotatable bonds is 6. The van der Waals surface area contributed by atoms with E-state index < -0.39 is 0 Å². The van der Waals surface area contributed by atoms with Crippen LogP contribution >= 0.6 is 21.6 Å². The van der Waals surface area contributed by atoms with Crippen molar-refractivity contribution in [3.63, 3.8) is 0 Å². The van der Waals surface area contributed by atoms with Crippen LogP contribution in [0.15, 0.2) is 46.9 Å². The minimum Gasteiger partial charge on any atom is -0.391 e. The second kappa shape index (κ2) is 10.2. The van der Waals surface area contributed by atoms with E-state index >= 15 is 0 Å². The quantitative estimate of drug-likeness (QED) is 0.358. The summed E-state index contributed by atoms with van der Waals surface area (Å²) in [6.07, 6.45) is 8.30. The van der Waals surface area contributed by atoms with Crippen molar-refractivity contribution in [3.8, 4) is 0 Å². The van der Waals surface area contributed by atoms with Crippen LogP contribution in [-0.4, -0.2) is 45.4 Å². The molecule has 9 heteroatoms. The molecule has 3 N–H and O–H groups in total. The average Bonchev–Trinajstić information content (AvgIpc) is 3.08. The lowest BCUT2D eigenvalue weighted by Gasteiger charge is -2.35. The number of benzene rings is 1. The maximum atomic E-state index is 10.2. The van der Waals surface area contributed by atoms with Crippen LogP contribution in [0.25, 0.3) is 0 Å². The fraction of sp³-hybridized carbons (Fsp3) is 0.571. The highest BCUT2D eigenvalue weighted by molar-refractivity contribution is 8.76. The monoisotopic (exact) mass is 447 g/mol. The number of aromatic nitrogens is 2. The van der Waals surface area contributed by atoms with Gasteiger partial charge in [0, 0.05) is 40.4 Å². The molecule has 0 radical (unpaired) electrons. The number of nitrogens with zero attached hydrogens (tertiary/aromatic N) is 4. The normalized spacial score (nSPS) is 27.4. The fourth-order valence-corrected chi connectivity index (χ4v) is 6.48. The molecule has 2 aromatic rings. The van der Waals surface area contributed by atoms with Crippen LogP contribution < -0.4 is 15.2 Å². The number of aryl methyl sites for hydroxylation is 2. The molecule has 1 aliphatic heterocycles. The Bertz CT molecular complexity index is 828. The van der Waals surface area contributed by atoms with E-state index in [1.807, 2.05) is 58.5 Å². The van der Waals surface area contributed by atoms with Gasteiger partial charge in [0.1, 0.15) is 5.69 Å². The maximum absolute atomic E-state index is 10.2. The van der Waals surface area contributed by atoms with Crippen molar-refractivity contribution in [1.29, 1.82) is 0 Å². The molecule has 2 aliphatic rings. The minimum atomic E-state index is -0.216. The lowest BCUT2D eigenvalue weighted by Crippen LogP contribution is -2.50. The SMILES string of the molecule is Cn1cc[n+](C)c1/N=N/c1ccc(NC2CCC(NC3CSSCC3O)CC2)cc1. The van der Waals surface area contributed by atoms with E-state index in [-0.39, 0.29) is 12.1 Å². The predicted octanol–water partition coefficient (Wildman–Crippen LogP) is 3.70. The first-order chi connectivity index (χ1) is 14.6. The van der Waals surface area contributed by atoms with Crippen molar-refractivity contribution < 1.29 is 9.67 Å². The number of nitrogens with one attached hydrogen (secondary N) is 2. The zero-order valence-electron chi connectivity index (χ0n) is 17.6. The second-order valence-corrected chi connectivity index (χ2v) is 10.7. The summed E-state index contributed by atoms with van der Waals surface area (Å²) in [5.41, 5.74) is 1.97. The van der Waals surface area contributed by atoms with Crippen molar-refractivity contribution in [1.82, 2.24) is 9.88 Å². The van der Waals surface area contributed by atoms with Crippen LogP contribution in [0.5, 0.6) is 0 Å². The molecule has 1 aromatic heterocycles. The Hall–Kier alpha value is -1.55. The first kappa shape index (κ1) is 21.7. The molecule has 1 saturated heterocycles. The van der Waals surface area contributed by atoms with Gasteiger partial charge >= 0.3 is 5.95 Å². The summed E-state index contributed by atoms with van der Waals surface area (Å²) < 4.78 is 3.88. The number of hydrogen-bond donors (Lipinski definition) is 3. The Labute approximate surface area is 186 Å². The van der Waals surface area contributed by atoms with Gasteiger partial charge in [0.25, 0.3) is 0 Å². The smallest absolute Gasteiger partial charge is 0.391 e. The minimum absolute atomic E-state index is 0.216. The van der Waals surface area contributed by atoms with Crippen molar-refractivity contribution in [2.45, 2.75) is 49.9 Å². The van der Waals surface area contributed by atoms with Crippen molar-refractivity contribution >= 4 is 38.9 Å². The third-order valence-electron chi connectivity index (χ3n) is 5.85. The zero-order chi connectivity index (χ0) is 20.9. The Balaban J connectivity index is 1.24. The van der Waals surface area contributed by atoms with Gasteiger partial charge in [-0.3, -0.25) is 0 Å². The van der Waals surface area contributed by atoms with Crippen LogP contribution in [-0.2, 0) is 14.1 Å². The molecule has 0 amide bonds. The van der Waals surface area contributed by atoms with Gasteiger partial charge in [-0.2, -0.15) is 0 Å². The van der Waals surface area contributed by atoms with Crippen molar-refractivity contribution in [3.05, 3.63) is 36.7 Å². The van der Waals surface area contributed by atoms with Gasteiger partial charge in [-0.1, -0.05) is 26.7 Å². The van der Waals surface area contributed by atoms with E-state index in [0.717, 1.165) is 54.5 Å². The third-order valence-corrected chi connectivity index (χ3v) is 8.30. The zero-order valence-corrected chi connectivity index (χ0v) is 19.2. The van der Waals surface area contributed by atoms with Crippen LogP contribution in [0, 0.1) is 0 Å². The van der Waals surface area contributed by atoms with Gasteiger partial charge in [0.15, 0.2) is 0 Å². The summed E-state index contributed by atoms with van der Waals surface area (Å²) in [6, 6.07) is 9.43. The molecule has 2 unspecified atom stereocenters. The molecule has 0 spiro atoms. The van der Waals surface area contributed by atoms with Gasteiger partial charge in [-0.25, -0.2) is 9.13 Å². The maximum Gasteiger partial charge on any atom is 0.421 e. The molecule has 1 saturated carbocycles. The van der Waals surface area contributed by atoms with Crippen LogP contribution in [0.2, 0.25) is 0 Å².